The van der Waals surface area contributed by atoms with Crippen LogP contribution in [0, 0.1) is 5.41 Å². The molecule has 17 heavy (non-hydrogen) atoms. The molecule has 0 bridgehead atoms. The Bertz CT molecular complexity index is 252. The number of nitrogens with one attached hydrogen (secondary N) is 1. The number of rotatable bonds is 6. The summed E-state index contributed by atoms with van der Waals surface area (Å²) in [5.74, 6) is 0.188. The van der Waals surface area contributed by atoms with Gasteiger partial charge in [0.25, 0.3) is 0 Å². The number of carbonyl (C=O) groups is 1. The van der Waals surface area contributed by atoms with Gasteiger partial charge in [0.2, 0.25) is 5.91 Å². The lowest BCUT2D eigenvalue weighted by atomic mass is 9.68. The third kappa shape index (κ3) is 2.99. The third-order valence-corrected chi connectivity index (χ3v) is 4.32. The van der Waals surface area contributed by atoms with Crippen molar-refractivity contribution in [1.29, 1.82) is 0 Å². The molecule has 1 saturated carbocycles. The monoisotopic (exact) mass is 239 g/mol. The van der Waals surface area contributed by atoms with Crippen molar-refractivity contribution in [2.75, 3.05) is 32.7 Å². The lowest BCUT2D eigenvalue weighted by molar-refractivity contribution is -0.135. The topological polar surface area (TPSA) is 58.4 Å². The van der Waals surface area contributed by atoms with Gasteiger partial charge >= 0.3 is 0 Å². The predicted octanol–water partition coefficient (Wildman–Crippen LogP) is 0.717. The minimum Gasteiger partial charge on any atom is -0.356 e. The van der Waals surface area contributed by atoms with Crippen molar-refractivity contribution in [3.05, 3.63) is 0 Å². The largest absolute Gasteiger partial charge is 0.356 e. The summed E-state index contributed by atoms with van der Waals surface area (Å²) in [6, 6.07) is 0. The van der Waals surface area contributed by atoms with Gasteiger partial charge < -0.3 is 16.0 Å². The van der Waals surface area contributed by atoms with Crippen LogP contribution in [0.15, 0.2) is 0 Å². The number of carbonyl (C=O) groups excluding carboxylic acids is 1. The Hall–Kier alpha value is -0.610. The van der Waals surface area contributed by atoms with Gasteiger partial charge in [-0.2, -0.15) is 0 Å². The molecule has 2 rings (SSSR count). The summed E-state index contributed by atoms with van der Waals surface area (Å²) in [4.78, 5) is 14.5. The fraction of sp³-hybridized carbons (Fsp3) is 0.923. The molecule has 0 atom stereocenters. The zero-order valence-corrected chi connectivity index (χ0v) is 10.7. The fourth-order valence-corrected chi connectivity index (χ4v) is 2.83. The molecule has 0 aromatic carbocycles. The van der Waals surface area contributed by atoms with E-state index in [1.165, 1.54) is 25.9 Å². The summed E-state index contributed by atoms with van der Waals surface area (Å²) in [6.45, 7) is 4.90. The van der Waals surface area contributed by atoms with Gasteiger partial charge in [0, 0.05) is 13.1 Å². The van der Waals surface area contributed by atoms with E-state index in [-0.39, 0.29) is 11.3 Å². The Morgan fingerprint density at radius 1 is 1.24 bits per heavy atom. The van der Waals surface area contributed by atoms with Crippen molar-refractivity contribution in [3.63, 3.8) is 0 Å². The van der Waals surface area contributed by atoms with Crippen LogP contribution < -0.4 is 11.1 Å². The van der Waals surface area contributed by atoms with E-state index >= 15 is 0 Å². The molecule has 0 aromatic rings. The SMILES string of the molecule is NCC1(C(=O)NCCCN2CCCC2)CCC1. The van der Waals surface area contributed by atoms with Crippen LogP contribution in [0.4, 0.5) is 0 Å². The number of likely N-dealkylation sites (tertiary alicyclic amines) is 1. The second-order valence-electron chi connectivity index (χ2n) is 5.50. The number of nitrogens with zero attached hydrogens (tertiary/aromatic N) is 1. The predicted molar refractivity (Wildman–Crippen MR) is 68.6 cm³/mol. The van der Waals surface area contributed by atoms with Crippen molar-refractivity contribution in [1.82, 2.24) is 10.2 Å². The smallest absolute Gasteiger partial charge is 0.227 e. The summed E-state index contributed by atoms with van der Waals surface area (Å²) >= 11 is 0. The van der Waals surface area contributed by atoms with Crippen LogP contribution in [0.5, 0.6) is 0 Å². The zero-order valence-electron chi connectivity index (χ0n) is 10.7. The van der Waals surface area contributed by atoms with Gasteiger partial charge in [0.1, 0.15) is 0 Å². The van der Waals surface area contributed by atoms with E-state index < -0.39 is 0 Å². The van der Waals surface area contributed by atoms with E-state index in [0.29, 0.717) is 6.54 Å². The van der Waals surface area contributed by atoms with Crippen LogP contribution in [0.3, 0.4) is 0 Å². The van der Waals surface area contributed by atoms with E-state index in [1.54, 1.807) is 0 Å². The molecule has 98 valence electrons. The lowest BCUT2D eigenvalue weighted by Gasteiger charge is -2.39. The molecule has 1 aliphatic heterocycles. The second kappa shape index (κ2) is 5.83. The van der Waals surface area contributed by atoms with Crippen molar-refractivity contribution in [2.24, 2.45) is 11.1 Å². The summed E-state index contributed by atoms with van der Waals surface area (Å²) in [7, 11) is 0. The minimum absolute atomic E-state index is 0.188. The van der Waals surface area contributed by atoms with Crippen LogP contribution >= 0.6 is 0 Å². The Labute approximate surface area is 104 Å². The van der Waals surface area contributed by atoms with Gasteiger partial charge in [0.05, 0.1) is 5.41 Å². The van der Waals surface area contributed by atoms with Crippen molar-refractivity contribution in [3.8, 4) is 0 Å². The molecule has 1 heterocycles. The molecule has 0 radical (unpaired) electrons. The third-order valence-electron chi connectivity index (χ3n) is 4.32. The summed E-state index contributed by atoms with van der Waals surface area (Å²) in [5, 5.41) is 3.05. The first-order chi connectivity index (χ1) is 8.27. The molecule has 4 nitrogen and oxygen atoms in total. The Balaban J connectivity index is 1.59. The van der Waals surface area contributed by atoms with E-state index in [2.05, 4.69) is 10.2 Å². The number of hydrogen-bond acceptors (Lipinski definition) is 3. The molecule has 4 heteroatoms. The highest BCUT2D eigenvalue weighted by molar-refractivity contribution is 5.83. The average Bonchev–Trinajstić information content (AvgIpc) is 2.76. The quantitative estimate of drug-likeness (QED) is 0.671. The van der Waals surface area contributed by atoms with Gasteiger partial charge in [-0.1, -0.05) is 6.42 Å². The van der Waals surface area contributed by atoms with Crippen LogP contribution in [0.25, 0.3) is 0 Å². The molecule has 2 fully saturated rings. The van der Waals surface area contributed by atoms with Crippen molar-refractivity contribution < 1.29 is 4.79 Å². The van der Waals surface area contributed by atoms with Gasteiger partial charge in [-0.15, -0.1) is 0 Å². The fourth-order valence-electron chi connectivity index (χ4n) is 2.83. The lowest BCUT2D eigenvalue weighted by Crippen LogP contribution is -2.50. The van der Waals surface area contributed by atoms with Crippen molar-refractivity contribution >= 4 is 5.91 Å². The number of hydrogen-bond donors (Lipinski definition) is 2. The molecule has 1 saturated heterocycles. The van der Waals surface area contributed by atoms with E-state index in [0.717, 1.165) is 38.8 Å². The van der Waals surface area contributed by atoms with E-state index in [9.17, 15) is 4.79 Å². The Kier molecular flexibility index (Phi) is 4.40. The molecular formula is C13H25N3O. The summed E-state index contributed by atoms with van der Waals surface area (Å²) in [5.41, 5.74) is 5.49. The summed E-state index contributed by atoms with van der Waals surface area (Å²) in [6.07, 6.45) is 6.83. The van der Waals surface area contributed by atoms with Crippen LogP contribution in [0.2, 0.25) is 0 Å². The molecule has 0 spiro atoms. The highest BCUT2D eigenvalue weighted by Crippen LogP contribution is 2.39. The van der Waals surface area contributed by atoms with Gasteiger partial charge in [0.15, 0.2) is 0 Å². The maximum absolute atomic E-state index is 12.0. The maximum Gasteiger partial charge on any atom is 0.227 e. The second-order valence-corrected chi connectivity index (χ2v) is 5.50. The zero-order chi connectivity index (χ0) is 12.1. The van der Waals surface area contributed by atoms with Crippen LogP contribution in [-0.4, -0.2) is 43.5 Å². The maximum atomic E-state index is 12.0. The molecular weight excluding hydrogens is 214 g/mol. The number of nitrogens with two attached hydrogens (primary N) is 1. The highest BCUT2D eigenvalue weighted by atomic mass is 16.2. The molecule has 1 amide bonds. The first-order valence-electron chi connectivity index (χ1n) is 6.98. The summed E-state index contributed by atoms with van der Waals surface area (Å²) < 4.78 is 0. The first-order valence-corrected chi connectivity index (χ1v) is 6.98. The molecule has 2 aliphatic rings. The molecule has 1 aliphatic carbocycles. The van der Waals surface area contributed by atoms with Gasteiger partial charge in [-0.05, 0) is 51.7 Å². The average molecular weight is 239 g/mol. The molecule has 0 unspecified atom stereocenters. The van der Waals surface area contributed by atoms with Gasteiger partial charge in [-0.3, -0.25) is 4.79 Å². The number of amides is 1. The molecule has 0 aromatic heterocycles. The molecule has 3 N–H and O–H groups in total. The van der Waals surface area contributed by atoms with E-state index in [4.69, 9.17) is 5.73 Å². The Morgan fingerprint density at radius 2 is 1.94 bits per heavy atom. The van der Waals surface area contributed by atoms with Gasteiger partial charge in [-0.25, -0.2) is 0 Å². The minimum atomic E-state index is -0.215. The standard InChI is InChI=1S/C13H25N3O/c14-11-13(5-3-6-13)12(17)15-7-4-10-16-8-1-2-9-16/h1-11,14H2,(H,15,17). The van der Waals surface area contributed by atoms with Crippen molar-refractivity contribution in [2.45, 2.75) is 38.5 Å². The van der Waals surface area contributed by atoms with Crippen LogP contribution in [-0.2, 0) is 4.79 Å². The highest BCUT2D eigenvalue weighted by Gasteiger charge is 2.42. The Morgan fingerprint density at radius 3 is 2.47 bits per heavy atom. The van der Waals surface area contributed by atoms with Crippen LogP contribution in [0.1, 0.15) is 38.5 Å². The van der Waals surface area contributed by atoms with E-state index in [1.807, 2.05) is 0 Å². The first kappa shape index (κ1) is 12.8. The normalized spacial score (nSPS) is 23.4.